The predicted molar refractivity (Wildman–Crippen MR) is 228 cm³/mol. The molecule has 3 aliphatic rings. The van der Waals surface area contributed by atoms with E-state index in [1.165, 1.54) is 28.4 Å². The van der Waals surface area contributed by atoms with Crippen molar-refractivity contribution in [1.29, 1.82) is 0 Å². The Hall–Kier alpha value is -4.90. The van der Waals surface area contributed by atoms with Gasteiger partial charge in [0.1, 0.15) is 17.2 Å². The lowest BCUT2D eigenvalue weighted by molar-refractivity contribution is -0.143. The molecule has 62 heavy (non-hydrogen) atoms. The van der Waals surface area contributed by atoms with Gasteiger partial charge in [0.05, 0.1) is 39.5 Å². The number of halogens is 3. The molecule has 2 aromatic carbocycles. The number of likely N-dealkylation sites (tertiary alicyclic amines) is 1. The summed E-state index contributed by atoms with van der Waals surface area (Å²) in [4.78, 5) is 59.1. The lowest BCUT2D eigenvalue weighted by Crippen LogP contribution is -2.47. The highest BCUT2D eigenvalue weighted by Gasteiger charge is 2.61. The number of amides is 2. The number of ketones is 1. The molecular formula is C45H50F3N5O7S2. The highest BCUT2D eigenvalue weighted by Crippen LogP contribution is 2.58. The van der Waals surface area contributed by atoms with Crippen LogP contribution in [-0.2, 0) is 42.4 Å². The minimum absolute atomic E-state index is 0.0149. The monoisotopic (exact) mass is 893 g/mol. The summed E-state index contributed by atoms with van der Waals surface area (Å²) >= 11 is 1.48. The SMILES string of the molecule is CC[C@@H]1C[C@]1(CC(=O)[C@@H]1C[C@@H](Oc2nc(-c3ccc(C(F)(F)F)cc3)nc3c2oc2ccccc23)CN1C(=O)[C@@H](Cc1nc(C(C)(C)C)cs1)C(C)C)C(=O)NS(=O)(=O)C1CC1. The van der Waals surface area contributed by atoms with Gasteiger partial charge in [-0.1, -0.05) is 72.2 Å². The number of sulfonamides is 1. The molecule has 2 aliphatic carbocycles. The Morgan fingerprint density at radius 1 is 1.03 bits per heavy atom. The van der Waals surface area contributed by atoms with E-state index in [-0.39, 0.29) is 65.6 Å². The molecule has 0 bridgehead atoms. The molecule has 1 saturated heterocycles. The Morgan fingerprint density at radius 3 is 2.35 bits per heavy atom. The number of thiazole rings is 1. The third kappa shape index (κ3) is 8.58. The van der Waals surface area contributed by atoms with Crippen molar-refractivity contribution in [3.8, 4) is 17.3 Å². The maximum Gasteiger partial charge on any atom is 0.416 e. The summed E-state index contributed by atoms with van der Waals surface area (Å²) in [6.07, 6.45) is -3.41. The fourth-order valence-electron chi connectivity index (χ4n) is 8.54. The molecule has 5 aromatic rings. The molecule has 12 nitrogen and oxygen atoms in total. The summed E-state index contributed by atoms with van der Waals surface area (Å²) in [5, 5.41) is 2.79. The molecule has 8 rings (SSSR count). The number of hydrogen-bond donors (Lipinski definition) is 1. The number of para-hydroxylation sites is 1. The van der Waals surface area contributed by atoms with E-state index in [1.807, 2.05) is 26.2 Å². The molecule has 4 heterocycles. The molecule has 3 fully saturated rings. The smallest absolute Gasteiger partial charge is 0.416 e. The standard InChI is InChI=1S/C45H50F3N5O7S2/c1-7-26-20-44(26,42(56)52-62(57,58)29-16-17-29)21-33(54)32-18-28(22-53(32)41(55)31(24(2)3)19-36-49-35(23-61-36)43(4,5)6)59-40-38-37(30-10-8-9-11-34(30)60-38)50-39(51-40)25-12-14-27(15-13-25)45(46,47)48/h8-15,23-24,26,28-29,31-32H,7,16-22H2,1-6H3,(H,52,56)/t26-,28-,31+,32+,44-/m1/s1. The number of carbonyl (C=O) groups excluding carboxylic acids is 3. The second kappa shape index (κ2) is 16.0. The number of fused-ring (bicyclic) bond motifs is 3. The molecule has 0 unspecified atom stereocenters. The van der Waals surface area contributed by atoms with Crippen LogP contribution in [0.5, 0.6) is 5.88 Å². The van der Waals surface area contributed by atoms with Gasteiger partial charge in [0, 0.05) is 46.9 Å². The Bertz CT molecular complexity index is 2650. The second-order valence-corrected chi connectivity index (χ2v) is 21.3. The number of hydrogen-bond acceptors (Lipinski definition) is 11. The van der Waals surface area contributed by atoms with E-state index >= 15 is 0 Å². The van der Waals surface area contributed by atoms with Crippen molar-refractivity contribution in [3.63, 3.8) is 0 Å². The molecule has 2 amide bonds. The first-order valence-electron chi connectivity index (χ1n) is 21.1. The van der Waals surface area contributed by atoms with E-state index in [0.717, 1.165) is 22.8 Å². The van der Waals surface area contributed by atoms with Crippen molar-refractivity contribution in [2.24, 2.45) is 23.2 Å². The van der Waals surface area contributed by atoms with Crippen LogP contribution in [-0.4, -0.2) is 69.8 Å². The Balaban J connectivity index is 1.14. The van der Waals surface area contributed by atoms with E-state index in [0.29, 0.717) is 54.2 Å². The zero-order valence-corrected chi connectivity index (χ0v) is 37.0. The zero-order valence-electron chi connectivity index (χ0n) is 35.4. The van der Waals surface area contributed by atoms with Crippen LogP contribution in [0.4, 0.5) is 13.2 Å². The number of nitrogens with zero attached hydrogens (tertiary/aromatic N) is 4. The van der Waals surface area contributed by atoms with Gasteiger partial charge in [-0.15, -0.1) is 11.3 Å². The third-order valence-electron chi connectivity index (χ3n) is 12.6. The summed E-state index contributed by atoms with van der Waals surface area (Å²) < 4.78 is 81.3. The number of aromatic nitrogens is 3. The quantitative estimate of drug-likeness (QED) is 0.114. The Labute approximate surface area is 362 Å². The van der Waals surface area contributed by atoms with Crippen molar-refractivity contribution in [3.05, 3.63) is 70.2 Å². The topological polar surface area (TPSA) is 162 Å². The van der Waals surface area contributed by atoms with Crippen LogP contribution < -0.4 is 9.46 Å². The molecule has 1 aliphatic heterocycles. The van der Waals surface area contributed by atoms with Crippen LogP contribution in [0.3, 0.4) is 0 Å². The second-order valence-electron chi connectivity index (χ2n) is 18.4. The summed E-state index contributed by atoms with van der Waals surface area (Å²) in [5.41, 5.74) is -0.0206. The van der Waals surface area contributed by atoms with Crippen LogP contribution in [0.1, 0.15) is 96.3 Å². The maximum atomic E-state index is 14.9. The van der Waals surface area contributed by atoms with E-state index in [1.54, 1.807) is 24.3 Å². The number of Topliss-reactive ketones (excluding diaryl/α,β-unsaturated/α-hetero) is 1. The molecule has 3 aromatic heterocycles. The maximum absolute atomic E-state index is 14.9. The number of rotatable bonds is 14. The predicted octanol–water partition coefficient (Wildman–Crippen LogP) is 8.66. The van der Waals surface area contributed by atoms with Crippen LogP contribution in [0.15, 0.2) is 58.3 Å². The van der Waals surface area contributed by atoms with Gasteiger partial charge >= 0.3 is 6.18 Å². The minimum Gasteiger partial charge on any atom is -0.470 e. The highest BCUT2D eigenvalue weighted by atomic mass is 32.2. The first kappa shape index (κ1) is 43.7. The summed E-state index contributed by atoms with van der Waals surface area (Å²) in [7, 11) is -3.87. The van der Waals surface area contributed by atoms with Gasteiger partial charge in [-0.25, -0.2) is 18.4 Å². The van der Waals surface area contributed by atoms with Crippen LogP contribution in [0.25, 0.3) is 33.5 Å². The van der Waals surface area contributed by atoms with Gasteiger partial charge in [0.25, 0.3) is 5.88 Å². The van der Waals surface area contributed by atoms with Gasteiger partial charge in [0.2, 0.25) is 27.4 Å². The van der Waals surface area contributed by atoms with E-state index in [2.05, 4.69) is 30.5 Å². The Kier molecular flexibility index (Phi) is 11.3. The minimum atomic E-state index is -4.54. The number of carbonyl (C=O) groups is 3. The molecule has 1 N–H and O–H groups in total. The molecule has 0 radical (unpaired) electrons. The normalized spacial score (nSPS) is 22.4. The number of nitrogens with one attached hydrogen (secondary N) is 1. The zero-order chi connectivity index (χ0) is 44.5. The fraction of sp³-hybridized carbons (Fsp3) is 0.511. The third-order valence-corrected chi connectivity index (χ3v) is 15.2. The van der Waals surface area contributed by atoms with Crippen molar-refractivity contribution < 1.29 is 45.1 Å². The number of benzene rings is 2. The van der Waals surface area contributed by atoms with E-state index < -0.39 is 56.4 Å². The van der Waals surface area contributed by atoms with Crippen molar-refractivity contribution in [2.75, 3.05) is 6.54 Å². The number of ether oxygens (including phenoxy) is 1. The van der Waals surface area contributed by atoms with Gasteiger partial charge in [-0.05, 0) is 55.4 Å². The van der Waals surface area contributed by atoms with Crippen LogP contribution in [0.2, 0.25) is 0 Å². The van der Waals surface area contributed by atoms with Gasteiger partial charge in [0.15, 0.2) is 11.6 Å². The lowest BCUT2D eigenvalue weighted by atomic mass is 9.88. The van der Waals surface area contributed by atoms with Crippen LogP contribution in [0, 0.1) is 23.2 Å². The lowest BCUT2D eigenvalue weighted by Gasteiger charge is -2.30. The highest BCUT2D eigenvalue weighted by molar-refractivity contribution is 7.90. The molecule has 330 valence electrons. The van der Waals surface area contributed by atoms with Crippen molar-refractivity contribution >= 4 is 61.0 Å². The van der Waals surface area contributed by atoms with E-state index in [4.69, 9.17) is 19.1 Å². The first-order valence-corrected chi connectivity index (χ1v) is 23.5. The molecule has 2 saturated carbocycles. The first-order chi connectivity index (χ1) is 29.2. The summed E-state index contributed by atoms with van der Waals surface area (Å²) in [6, 6.07) is 10.5. The molecule has 5 atom stereocenters. The summed E-state index contributed by atoms with van der Waals surface area (Å²) in [6.45, 7) is 12.0. The average molecular weight is 894 g/mol. The molecule has 17 heteroatoms. The number of alkyl halides is 3. The van der Waals surface area contributed by atoms with E-state index in [9.17, 15) is 36.0 Å². The molecular weight excluding hydrogens is 844 g/mol. The fourth-order valence-corrected chi connectivity index (χ4v) is 11.0. The largest absolute Gasteiger partial charge is 0.470 e. The molecule has 0 spiro atoms. The van der Waals surface area contributed by atoms with Crippen molar-refractivity contribution in [1.82, 2.24) is 24.6 Å². The Morgan fingerprint density at radius 2 is 1.74 bits per heavy atom. The van der Waals surface area contributed by atoms with Gasteiger partial charge in [-0.3, -0.25) is 19.1 Å². The number of furan rings is 1. The summed E-state index contributed by atoms with van der Waals surface area (Å²) in [5.74, 6) is -2.21. The van der Waals surface area contributed by atoms with Crippen molar-refractivity contribution in [2.45, 2.75) is 115 Å². The van der Waals surface area contributed by atoms with Crippen LogP contribution >= 0.6 is 11.3 Å². The average Bonchev–Trinajstić information content (AvgIpc) is 4.04. The van der Waals surface area contributed by atoms with Gasteiger partial charge in [-0.2, -0.15) is 18.2 Å². The van der Waals surface area contributed by atoms with Gasteiger partial charge < -0.3 is 14.1 Å².